The molecule has 0 aliphatic carbocycles. The molecular formula is C102H58N8. The lowest BCUT2D eigenvalue weighted by Gasteiger charge is -2.18. The van der Waals surface area contributed by atoms with E-state index in [2.05, 4.69) is 361 Å². The maximum atomic E-state index is 5.77. The highest BCUT2D eigenvalue weighted by Gasteiger charge is 2.27. The van der Waals surface area contributed by atoms with E-state index in [4.69, 9.17) is 29.9 Å². The summed E-state index contributed by atoms with van der Waals surface area (Å²) in [6.45, 7) is 0. The molecule has 4 heterocycles. The Labute approximate surface area is 628 Å². The molecule has 0 fully saturated rings. The lowest BCUT2D eigenvalue weighted by Crippen LogP contribution is -2.07. The van der Waals surface area contributed by atoms with Crippen LogP contribution in [0.15, 0.2) is 352 Å². The standard InChI is InChI=1S/C102H58N8/c1-3-26-64-53-66(45-43-59(64)21-1)97-103-98(67-46-44-60-22-2-4-27-65(60)54-67)106-101(105-97)109-90-51-47-63-25-7-10-31-70(63)96(90)89-56-85-81-41-20-40-80(94(81)79-39-18-17-38-77(79)87(85)58-93(89)109)78-49-50-83(74-35-14-11-34-73(74)78)100-104-99(82-42-19-28-61-23-5-8-29-68(61)82)107-102(108-100)110-91-52-48-62-24-6-9-30-69(62)95(91)88-55-84-75-36-15-12-32-71(75)72-33-13-16-37-76(72)86(84)57-92(88)110/h1-58H. The van der Waals surface area contributed by atoms with Crippen molar-refractivity contribution in [1.29, 1.82) is 0 Å². The first kappa shape index (κ1) is 60.4. The van der Waals surface area contributed by atoms with E-state index in [0.29, 0.717) is 35.2 Å². The molecule has 4 aromatic heterocycles. The van der Waals surface area contributed by atoms with Crippen LogP contribution in [0.2, 0.25) is 0 Å². The van der Waals surface area contributed by atoms with Gasteiger partial charge in [0.1, 0.15) is 0 Å². The molecule has 24 aromatic rings. The van der Waals surface area contributed by atoms with Crippen molar-refractivity contribution in [3.63, 3.8) is 0 Å². The van der Waals surface area contributed by atoms with Gasteiger partial charge in [0, 0.05) is 43.8 Å². The number of nitrogens with zero attached hydrogens (tertiary/aromatic N) is 8. The zero-order valence-electron chi connectivity index (χ0n) is 59.1. The highest BCUT2D eigenvalue weighted by Crippen LogP contribution is 2.49. The SMILES string of the molecule is c1ccc2cc(-c3nc(-c4ccc5ccccc5c4)nc(-n4c5cc6c7ccccc7c7c(-c8ccc(-c9nc(-c%10cccc%11ccccc%10%11)nc(-n%10c%11cc%12c%13ccccc%13c%13ccccc%13c%12cc%11c%11c%12ccccc%12ccc%11%10)n9)c9ccccc89)cccc7c6cc5c5c6ccccc6ccc54)n3)ccc2c1. The summed E-state index contributed by atoms with van der Waals surface area (Å²) < 4.78 is 4.59. The summed E-state index contributed by atoms with van der Waals surface area (Å²) in [4.78, 5) is 33.5. The van der Waals surface area contributed by atoms with Crippen LogP contribution in [-0.4, -0.2) is 39.0 Å². The normalized spacial score (nSPS) is 12.2. The molecule has 0 N–H and O–H groups in total. The quantitative estimate of drug-likeness (QED) is 0.148. The van der Waals surface area contributed by atoms with E-state index >= 15 is 0 Å². The minimum atomic E-state index is 0.535. The third-order valence-corrected chi connectivity index (χ3v) is 23.3. The summed E-state index contributed by atoms with van der Waals surface area (Å²) >= 11 is 0. The van der Waals surface area contributed by atoms with Gasteiger partial charge in [0.15, 0.2) is 23.3 Å². The fourth-order valence-electron chi connectivity index (χ4n) is 18.4. The maximum Gasteiger partial charge on any atom is 0.238 e. The van der Waals surface area contributed by atoms with Gasteiger partial charge in [-0.1, -0.05) is 297 Å². The largest absolute Gasteiger partial charge is 0.278 e. The number of rotatable bonds is 7. The first-order chi connectivity index (χ1) is 54.5. The molecule has 0 atom stereocenters. The van der Waals surface area contributed by atoms with Gasteiger partial charge in [0.25, 0.3) is 0 Å². The molecule has 0 bridgehead atoms. The Balaban J connectivity index is 0.734. The molecule has 0 spiro atoms. The van der Waals surface area contributed by atoms with Crippen LogP contribution in [0.5, 0.6) is 0 Å². The molecule has 8 heteroatoms. The molecule has 0 saturated heterocycles. The molecular weight excluding hydrogens is 1340 g/mol. The van der Waals surface area contributed by atoms with Crippen LogP contribution in [-0.2, 0) is 0 Å². The fraction of sp³-hybridized carbons (Fsp3) is 0. The van der Waals surface area contributed by atoms with Gasteiger partial charge in [0.05, 0.1) is 22.1 Å². The molecule has 0 aliphatic heterocycles. The number of benzene rings is 20. The molecule has 20 aromatic carbocycles. The molecule has 0 amide bonds. The number of hydrogen-bond donors (Lipinski definition) is 0. The lowest BCUT2D eigenvalue weighted by atomic mass is 9.87. The van der Waals surface area contributed by atoms with Crippen molar-refractivity contribution in [3.8, 4) is 68.6 Å². The Kier molecular flexibility index (Phi) is 12.8. The third-order valence-electron chi connectivity index (χ3n) is 23.3. The molecule has 24 rings (SSSR count). The first-order valence-electron chi connectivity index (χ1n) is 37.5. The monoisotopic (exact) mass is 1390 g/mol. The predicted octanol–water partition coefficient (Wildman–Crippen LogP) is 26.4. The van der Waals surface area contributed by atoms with Gasteiger partial charge in [-0.25, -0.2) is 9.97 Å². The summed E-state index contributed by atoms with van der Waals surface area (Å²) in [5, 5.41) is 32.1. The maximum absolute atomic E-state index is 5.77. The minimum absolute atomic E-state index is 0.535. The van der Waals surface area contributed by atoms with E-state index in [0.717, 1.165) is 158 Å². The molecule has 8 nitrogen and oxygen atoms in total. The van der Waals surface area contributed by atoms with E-state index in [1.54, 1.807) is 0 Å². The van der Waals surface area contributed by atoms with E-state index < -0.39 is 0 Å². The van der Waals surface area contributed by atoms with Crippen molar-refractivity contribution < 1.29 is 0 Å². The van der Waals surface area contributed by atoms with Crippen molar-refractivity contribution in [1.82, 2.24) is 39.0 Å². The molecule has 0 aliphatic rings. The Hall–Kier alpha value is -14.9. The highest BCUT2D eigenvalue weighted by atomic mass is 15.2. The van der Waals surface area contributed by atoms with Crippen LogP contribution in [0, 0.1) is 0 Å². The second-order valence-electron chi connectivity index (χ2n) is 29.1. The number of aromatic nitrogens is 8. The first-order valence-corrected chi connectivity index (χ1v) is 37.5. The Morgan fingerprint density at radius 3 is 1.02 bits per heavy atom. The van der Waals surface area contributed by atoms with Crippen LogP contribution in [0.25, 0.3) is 241 Å². The Morgan fingerprint density at radius 1 is 0.155 bits per heavy atom. The molecule has 110 heavy (non-hydrogen) atoms. The Bertz CT molecular complexity index is 8090. The number of hydrogen-bond acceptors (Lipinski definition) is 6. The van der Waals surface area contributed by atoms with E-state index in [1.807, 2.05) is 0 Å². The molecule has 506 valence electrons. The van der Waals surface area contributed by atoms with Crippen molar-refractivity contribution in [2.24, 2.45) is 0 Å². The molecule has 0 unspecified atom stereocenters. The summed E-state index contributed by atoms with van der Waals surface area (Å²) in [7, 11) is 0. The molecule has 0 saturated carbocycles. The van der Waals surface area contributed by atoms with Gasteiger partial charge >= 0.3 is 0 Å². The average Bonchev–Trinajstić information content (AvgIpc) is 1.45. The second kappa shape index (κ2) is 23.3. The number of fused-ring (bicyclic) bond motifs is 26. The topological polar surface area (TPSA) is 87.2 Å². The van der Waals surface area contributed by atoms with Crippen molar-refractivity contribution in [3.05, 3.63) is 352 Å². The average molecular weight is 1400 g/mol. The van der Waals surface area contributed by atoms with Crippen molar-refractivity contribution >= 4 is 173 Å². The van der Waals surface area contributed by atoms with Gasteiger partial charge < -0.3 is 0 Å². The summed E-state index contributed by atoms with van der Waals surface area (Å²) in [6.07, 6.45) is 0. The van der Waals surface area contributed by atoms with Crippen LogP contribution >= 0.6 is 0 Å². The third kappa shape index (κ3) is 8.96. The van der Waals surface area contributed by atoms with E-state index in [1.165, 1.54) is 48.5 Å². The fourth-order valence-corrected chi connectivity index (χ4v) is 18.4. The summed E-state index contributed by atoms with van der Waals surface area (Å²) in [5.41, 5.74) is 9.91. The van der Waals surface area contributed by atoms with Crippen molar-refractivity contribution in [2.45, 2.75) is 0 Å². The van der Waals surface area contributed by atoms with Gasteiger partial charge in [-0.15, -0.1) is 0 Å². The summed E-state index contributed by atoms with van der Waals surface area (Å²) in [6, 6.07) is 128. The van der Waals surface area contributed by atoms with E-state index in [-0.39, 0.29) is 0 Å². The van der Waals surface area contributed by atoms with Gasteiger partial charge in [-0.05, 0) is 195 Å². The van der Waals surface area contributed by atoms with Crippen LogP contribution in [0.1, 0.15) is 0 Å². The van der Waals surface area contributed by atoms with E-state index in [9.17, 15) is 0 Å². The van der Waals surface area contributed by atoms with Crippen molar-refractivity contribution in [2.75, 3.05) is 0 Å². The predicted molar refractivity (Wildman–Crippen MR) is 459 cm³/mol. The lowest BCUT2D eigenvalue weighted by molar-refractivity contribution is 0.954. The molecule has 0 radical (unpaired) electrons. The van der Waals surface area contributed by atoms with Crippen LogP contribution < -0.4 is 0 Å². The van der Waals surface area contributed by atoms with Crippen LogP contribution in [0.3, 0.4) is 0 Å². The zero-order valence-corrected chi connectivity index (χ0v) is 59.1. The zero-order chi connectivity index (χ0) is 71.8. The van der Waals surface area contributed by atoms with Crippen LogP contribution in [0.4, 0.5) is 0 Å². The van der Waals surface area contributed by atoms with Gasteiger partial charge in [-0.3, -0.25) is 9.13 Å². The smallest absolute Gasteiger partial charge is 0.238 e. The summed E-state index contributed by atoms with van der Waals surface area (Å²) in [5.74, 6) is 3.43. The van der Waals surface area contributed by atoms with Gasteiger partial charge in [0.2, 0.25) is 11.9 Å². The minimum Gasteiger partial charge on any atom is -0.278 e. The Morgan fingerprint density at radius 2 is 0.482 bits per heavy atom. The highest BCUT2D eigenvalue weighted by molar-refractivity contribution is 6.34. The van der Waals surface area contributed by atoms with Gasteiger partial charge in [-0.2, -0.15) is 19.9 Å². The second-order valence-corrected chi connectivity index (χ2v) is 29.1.